The third-order valence-electron chi connectivity index (χ3n) is 3.02. The van der Waals surface area contributed by atoms with E-state index in [0.29, 0.717) is 20.5 Å². The Labute approximate surface area is 135 Å². The third kappa shape index (κ3) is 2.93. The van der Waals surface area contributed by atoms with Crippen LogP contribution in [0.25, 0.3) is 6.08 Å². The standard InChI is InChI=1S/C16H9F2NOS2/c17-11-4-6-13(7-5-11)19-15(20)14(22-16(19)21)9-10-2-1-3-12(18)8-10/h1-9H/b14-9+. The van der Waals surface area contributed by atoms with Crippen LogP contribution in [0.3, 0.4) is 0 Å². The predicted octanol–water partition coefficient (Wildman–Crippen LogP) is 4.37. The lowest BCUT2D eigenvalue weighted by atomic mass is 10.2. The summed E-state index contributed by atoms with van der Waals surface area (Å²) in [6.07, 6.45) is 1.59. The fraction of sp³-hybridized carbons (Fsp3) is 0. The van der Waals surface area contributed by atoms with Gasteiger partial charge in [-0.1, -0.05) is 36.1 Å². The Bertz CT molecular complexity index is 787. The first-order chi connectivity index (χ1) is 10.5. The monoisotopic (exact) mass is 333 g/mol. The van der Waals surface area contributed by atoms with Gasteiger partial charge in [-0.15, -0.1) is 0 Å². The van der Waals surface area contributed by atoms with Crippen LogP contribution in [0.5, 0.6) is 0 Å². The van der Waals surface area contributed by atoms with Crippen molar-refractivity contribution >= 4 is 46.0 Å². The van der Waals surface area contributed by atoms with Crippen molar-refractivity contribution in [1.82, 2.24) is 0 Å². The zero-order chi connectivity index (χ0) is 15.7. The van der Waals surface area contributed by atoms with Crippen molar-refractivity contribution < 1.29 is 13.6 Å². The molecule has 0 N–H and O–H groups in total. The second kappa shape index (κ2) is 5.98. The van der Waals surface area contributed by atoms with E-state index in [4.69, 9.17) is 12.2 Å². The highest BCUT2D eigenvalue weighted by Crippen LogP contribution is 2.36. The van der Waals surface area contributed by atoms with Gasteiger partial charge in [-0.2, -0.15) is 0 Å². The Morgan fingerprint density at radius 2 is 1.77 bits per heavy atom. The van der Waals surface area contributed by atoms with Crippen LogP contribution in [0.15, 0.2) is 53.4 Å². The number of hydrogen-bond acceptors (Lipinski definition) is 3. The number of benzene rings is 2. The molecule has 22 heavy (non-hydrogen) atoms. The van der Waals surface area contributed by atoms with E-state index in [1.165, 1.54) is 41.3 Å². The van der Waals surface area contributed by atoms with Crippen LogP contribution in [0.4, 0.5) is 14.5 Å². The number of amides is 1. The van der Waals surface area contributed by atoms with Gasteiger partial charge in [0, 0.05) is 0 Å². The quantitative estimate of drug-likeness (QED) is 0.601. The van der Waals surface area contributed by atoms with Crippen molar-refractivity contribution in [2.75, 3.05) is 4.90 Å². The van der Waals surface area contributed by atoms with Crippen molar-refractivity contribution in [3.63, 3.8) is 0 Å². The van der Waals surface area contributed by atoms with E-state index in [2.05, 4.69) is 0 Å². The van der Waals surface area contributed by atoms with Gasteiger partial charge in [0.2, 0.25) is 0 Å². The first-order valence-corrected chi connectivity index (χ1v) is 7.56. The summed E-state index contributed by atoms with van der Waals surface area (Å²) in [7, 11) is 0. The molecule has 110 valence electrons. The fourth-order valence-corrected chi connectivity index (χ4v) is 3.33. The third-order valence-corrected chi connectivity index (χ3v) is 4.33. The van der Waals surface area contributed by atoms with Gasteiger partial charge in [-0.25, -0.2) is 8.78 Å². The summed E-state index contributed by atoms with van der Waals surface area (Å²) in [6.45, 7) is 0. The summed E-state index contributed by atoms with van der Waals surface area (Å²) in [5.74, 6) is -1.06. The molecule has 2 aromatic carbocycles. The smallest absolute Gasteiger partial charge is 0.268 e. The van der Waals surface area contributed by atoms with Crippen molar-refractivity contribution in [2.24, 2.45) is 0 Å². The highest BCUT2D eigenvalue weighted by atomic mass is 32.2. The van der Waals surface area contributed by atoms with E-state index in [1.807, 2.05) is 0 Å². The molecule has 2 aromatic rings. The fourth-order valence-electron chi connectivity index (χ4n) is 2.03. The molecule has 0 spiro atoms. The Hall–Kier alpha value is -2.05. The second-order valence-electron chi connectivity index (χ2n) is 4.55. The number of rotatable bonds is 2. The average Bonchev–Trinajstić information content (AvgIpc) is 2.75. The Morgan fingerprint density at radius 3 is 2.45 bits per heavy atom. The van der Waals surface area contributed by atoms with Gasteiger partial charge >= 0.3 is 0 Å². The van der Waals surface area contributed by atoms with Gasteiger partial charge in [0.15, 0.2) is 4.32 Å². The van der Waals surface area contributed by atoms with Crippen LogP contribution in [0.1, 0.15) is 5.56 Å². The Balaban J connectivity index is 1.93. The number of carbonyl (C=O) groups excluding carboxylic acids is 1. The number of halogens is 2. The molecule has 0 bridgehead atoms. The van der Waals surface area contributed by atoms with Crippen molar-refractivity contribution in [3.05, 3.63) is 70.6 Å². The number of hydrogen-bond donors (Lipinski definition) is 0. The molecule has 1 amide bonds. The summed E-state index contributed by atoms with van der Waals surface area (Å²) < 4.78 is 26.5. The molecule has 1 aliphatic heterocycles. The van der Waals surface area contributed by atoms with E-state index >= 15 is 0 Å². The lowest BCUT2D eigenvalue weighted by Crippen LogP contribution is -2.27. The van der Waals surface area contributed by atoms with Gasteiger partial charge in [-0.3, -0.25) is 9.69 Å². The van der Waals surface area contributed by atoms with Crippen molar-refractivity contribution in [3.8, 4) is 0 Å². The second-order valence-corrected chi connectivity index (χ2v) is 6.22. The maximum atomic E-state index is 13.2. The lowest BCUT2D eigenvalue weighted by molar-refractivity contribution is -0.113. The molecule has 0 radical (unpaired) electrons. The first kappa shape index (κ1) is 14.9. The Morgan fingerprint density at radius 1 is 1.05 bits per heavy atom. The molecular formula is C16H9F2NOS2. The summed E-state index contributed by atoms with van der Waals surface area (Å²) in [5, 5.41) is 0. The maximum absolute atomic E-state index is 13.2. The minimum Gasteiger partial charge on any atom is -0.268 e. The minimum absolute atomic E-state index is 0.300. The van der Waals surface area contributed by atoms with Gasteiger partial charge in [0.05, 0.1) is 10.6 Å². The molecule has 0 saturated carbocycles. The van der Waals surface area contributed by atoms with Crippen LogP contribution in [0, 0.1) is 11.6 Å². The van der Waals surface area contributed by atoms with Crippen molar-refractivity contribution in [1.29, 1.82) is 0 Å². The number of nitrogens with zero attached hydrogens (tertiary/aromatic N) is 1. The molecular weight excluding hydrogens is 324 g/mol. The van der Waals surface area contributed by atoms with E-state index in [1.54, 1.807) is 18.2 Å². The average molecular weight is 333 g/mol. The molecule has 0 unspecified atom stereocenters. The molecule has 2 nitrogen and oxygen atoms in total. The van der Waals surface area contributed by atoms with E-state index < -0.39 is 0 Å². The maximum Gasteiger partial charge on any atom is 0.270 e. The van der Waals surface area contributed by atoms with Crippen LogP contribution < -0.4 is 4.90 Å². The molecule has 1 aliphatic rings. The zero-order valence-corrected chi connectivity index (χ0v) is 12.8. The first-order valence-electron chi connectivity index (χ1n) is 6.34. The summed E-state index contributed by atoms with van der Waals surface area (Å²) in [6, 6.07) is 11.5. The summed E-state index contributed by atoms with van der Waals surface area (Å²) in [5.41, 5.74) is 1.09. The van der Waals surface area contributed by atoms with Gasteiger partial charge in [0.1, 0.15) is 11.6 Å². The zero-order valence-electron chi connectivity index (χ0n) is 11.1. The minimum atomic E-state index is -0.385. The molecule has 1 fully saturated rings. The summed E-state index contributed by atoms with van der Waals surface area (Å²) >= 11 is 6.35. The lowest BCUT2D eigenvalue weighted by Gasteiger charge is -2.14. The van der Waals surface area contributed by atoms with Crippen LogP contribution in [-0.4, -0.2) is 10.2 Å². The van der Waals surface area contributed by atoms with Crippen molar-refractivity contribution in [2.45, 2.75) is 0 Å². The van der Waals surface area contributed by atoms with Crippen LogP contribution >= 0.6 is 24.0 Å². The normalized spacial score (nSPS) is 16.6. The van der Waals surface area contributed by atoms with E-state index in [-0.39, 0.29) is 17.5 Å². The SMILES string of the molecule is O=C1/C(=C\c2cccc(F)c2)SC(=S)N1c1ccc(F)cc1. The molecule has 0 aromatic heterocycles. The number of thioether (sulfide) groups is 1. The Kier molecular flexibility index (Phi) is 4.04. The largest absolute Gasteiger partial charge is 0.270 e. The molecule has 3 rings (SSSR count). The molecule has 6 heteroatoms. The van der Waals surface area contributed by atoms with Gasteiger partial charge < -0.3 is 0 Å². The van der Waals surface area contributed by atoms with E-state index in [9.17, 15) is 13.6 Å². The summed E-state index contributed by atoms with van der Waals surface area (Å²) in [4.78, 5) is 14.2. The molecule has 1 heterocycles. The number of anilines is 1. The highest BCUT2D eigenvalue weighted by Gasteiger charge is 2.33. The highest BCUT2D eigenvalue weighted by molar-refractivity contribution is 8.27. The predicted molar refractivity (Wildman–Crippen MR) is 88.5 cm³/mol. The van der Waals surface area contributed by atoms with Crippen LogP contribution in [0.2, 0.25) is 0 Å². The van der Waals surface area contributed by atoms with Gasteiger partial charge in [0.25, 0.3) is 5.91 Å². The van der Waals surface area contributed by atoms with Crippen LogP contribution in [-0.2, 0) is 4.79 Å². The topological polar surface area (TPSA) is 20.3 Å². The molecule has 1 saturated heterocycles. The number of carbonyl (C=O) groups is 1. The number of thiocarbonyl (C=S) groups is 1. The van der Waals surface area contributed by atoms with E-state index in [0.717, 1.165) is 11.8 Å². The molecule has 0 aliphatic carbocycles. The van der Waals surface area contributed by atoms with Gasteiger partial charge in [-0.05, 0) is 48.0 Å². The molecule has 0 atom stereocenters.